The van der Waals surface area contributed by atoms with Gasteiger partial charge in [-0.1, -0.05) is 11.8 Å². The number of hydrogen-bond donors (Lipinski definition) is 1. The van der Waals surface area contributed by atoms with Crippen molar-refractivity contribution in [3.63, 3.8) is 0 Å². The summed E-state index contributed by atoms with van der Waals surface area (Å²) in [6, 6.07) is 6.77. The number of rotatable bonds is 4. The summed E-state index contributed by atoms with van der Waals surface area (Å²) in [5, 5.41) is -0.257. The van der Waals surface area contributed by atoms with E-state index < -0.39 is 5.25 Å². The van der Waals surface area contributed by atoms with Gasteiger partial charge < -0.3 is 10.5 Å². The summed E-state index contributed by atoms with van der Waals surface area (Å²) in [4.78, 5) is 26.9. The van der Waals surface area contributed by atoms with Gasteiger partial charge in [0.05, 0.1) is 7.11 Å². The van der Waals surface area contributed by atoms with E-state index in [4.69, 9.17) is 10.5 Å². The molecule has 2 N–H and O–H groups in total. The van der Waals surface area contributed by atoms with Crippen LogP contribution in [0.15, 0.2) is 29.3 Å². The van der Waals surface area contributed by atoms with E-state index in [1.54, 1.807) is 31.4 Å². The molecule has 0 radical (unpaired) electrons. The molecule has 1 aromatic carbocycles. The Morgan fingerprint density at radius 3 is 2.61 bits per heavy atom. The van der Waals surface area contributed by atoms with Gasteiger partial charge in [-0.2, -0.15) is 4.99 Å². The topological polar surface area (TPSA) is 81.8 Å². The minimum atomic E-state index is -0.486. The molecular formula is C12H12N2O3S. The highest BCUT2D eigenvalue weighted by Crippen LogP contribution is 2.24. The number of amidine groups is 1. The Hall–Kier alpha value is -1.82. The van der Waals surface area contributed by atoms with Gasteiger partial charge in [-0.25, -0.2) is 0 Å². The number of nitrogens with two attached hydrogens (primary N) is 1. The van der Waals surface area contributed by atoms with Crippen LogP contribution in [0.3, 0.4) is 0 Å². The molecule has 0 aromatic heterocycles. The lowest BCUT2D eigenvalue weighted by Gasteiger charge is -2.06. The van der Waals surface area contributed by atoms with Gasteiger partial charge in [0.1, 0.15) is 11.0 Å². The molecule has 0 unspecified atom stereocenters. The number of benzene rings is 1. The first-order valence-electron chi connectivity index (χ1n) is 5.32. The van der Waals surface area contributed by atoms with Crippen LogP contribution in [0.2, 0.25) is 0 Å². The first-order chi connectivity index (χ1) is 8.60. The number of carbonyl (C=O) groups excluding carboxylic acids is 2. The lowest BCUT2D eigenvalue weighted by atomic mass is 10.1. The molecule has 1 aliphatic heterocycles. The van der Waals surface area contributed by atoms with Gasteiger partial charge in [0.15, 0.2) is 11.0 Å². The zero-order chi connectivity index (χ0) is 13.1. The number of Topliss-reactive ketones (excluding diaryl/α,β-unsaturated/α-hetero) is 1. The highest BCUT2D eigenvalue weighted by atomic mass is 32.2. The summed E-state index contributed by atoms with van der Waals surface area (Å²) < 4.78 is 5.01. The molecule has 1 heterocycles. The number of amides is 1. The van der Waals surface area contributed by atoms with E-state index >= 15 is 0 Å². The zero-order valence-electron chi connectivity index (χ0n) is 9.75. The summed E-state index contributed by atoms with van der Waals surface area (Å²) in [6.07, 6.45) is 0.111. The summed E-state index contributed by atoms with van der Waals surface area (Å²) in [7, 11) is 1.56. The Kier molecular flexibility index (Phi) is 3.66. The average molecular weight is 264 g/mol. The third-order valence-corrected chi connectivity index (χ3v) is 3.53. The summed E-state index contributed by atoms with van der Waals surface area (Å²) in [6.45, 7) is 0. The molecule has 0 spiro atoms. The maximum absolute atomic E-state index is 12.0. The fourth-order valence-corrected chi connectivity index (χ4v) is 2.42. The standard InChI is InChI=1S/C12H12N2O3S/c1-17-8-4-2-7(3-5-8)9(15)6-10-11(16)14-12(13)18-10/h2-5,10H,6H2,1H3,(H2,13,14,16)/t10-/m0/s1. The van der Waals surface area contributed by atoms with Crippen molar-refractivity contribution in [2.24, 2.45) is 10.7 Å². The molecule has 6 heteroatoms. The SMILES string of the molecule is COc1ccc(C(=O)C[C@@H]2SC(N)=NC2=O)cc1. The molecule has 1 aromatic rings. The fraction of sp³-hybridized carbons (Fsp3) is 0.250. The second-order valence-corrected chi connectivity index (χ2v) is 4.97. The molecule has 1 amide bonds. The molecule has 0 bridgehead atoms. The fourth-order valence-electron chi connectivity index (χ4n) is 1.60. The monoisotopic (exact) mass is 264 g/mol. The average Bonchev–Trinajstić information content (AvgIpc) is 2.68. The van der Waals surface area contributed by atoms with Crippen LogP contribution >= 0.6 is 11.8 Å². The molecule has 0 saturated carbocycles. The van der Waals surface area contributed by atoms with E-state index in [-0.39, 0.29) is 23.3 Å². The molecule has 0 aliphatic carbocycles. The van der Waals surface area contributed by atoms with Crippen molar-refractivity contribution in [2.75, 3.05) is 7.11 Å². The van der Waals surface area contributed by atoms with Gasteiger partial charge >= 0.3 is 0 Å². The Balaban J connectivity index is 2.02. The van der Waals surface area contributed by atoms with Crippen LogP contribution in [0.5, 0.6) is 5.75 Å². The van der Waals surface area contributed by atoms with Crippen molar-refractivity contribution < 1.29 is 14.3 Å². The summed E-state index contributed by atoms with van der Waals surface area (Å²) >= 11 is 1.14. The Morgan fingerprint density at radius 2 is 2.11 bits per heavy atom. The molecule has 18 heavy (non-hydrogen) atoms. The van der Waals surface area contributed by atoms with Crippen molar-refractivity contribution in [1.29, 1.82) is 0 Å². The van der Waals surface area contributed by atoms with Crippen LogP contribution in [0, 0.1) is 0 Å². The van der Waals surface area contributed by atoms with Crippen molar-refractivity contribution in [1.82, 2.24) is 0 Å². The lowest BCUT2D eigenvalue weighted by molar-refractivity contribution is -0.117. The van der Waals surface area contributed by atoms with Gasteiger partial charge in [-0.15, -0.1) is 0 Å². The molecule has 5 nitrogen and oxygen atoms in total. The predicted octanol–water partition coefficient (Wildman–Crippen LogP) is 1.22. The third-order valence-electron chi connectivity index (χ3n) is 2.54. The largest absolute Gasteiger partial charge is 0.497 e. The van der Waals surface area contributed by atoms with Gasteiger partial charge in [0, 0.05) is 12.0 Å². The Labute approximate surface area is 108 Å². The van der Waals surface area contributed by atoms with E-state index in [9.17, 15) is 9.59 Å². The van der Waals surface area contributed by atoms with E-state index in [1.165, 1.54) is 0 Å². The number of nitrogens with zero attached hydrogens (tertiary/aromatic N) is 1. The van der Waals surface area contributed by atoms with Crippen LogP contribution in [-0.4, -0.2) is 29.2 Å². The van der Waals surface area contributed by atoms with Crippen LogP contribution in [0.1, 0.15) is 16.8 Å². The lowest BCUT2D eigenvalue weighted by Crippen LogP contribution is -2.16. The van der Waals surface area contributed by atoms with Crippen molar-refractivity contribution in [2.45, 2.75) is 11.7 Å². The van der Waals surface area contributed by atoms with E-state index in [1.807, 2.05) is 0 Å². The second kappa shape index (κ2) is 5.22. The second-order valence-electron chi connectivity index (χ2n) is 3.75. The van der Waals surface area contributed by atoms with Crippen molar-refractivity contribution >= 4 is 28.6 Å². The first-order valence-corrected chi connectivity index (χ1v) is 6.20. The van der Waals surface area contributed by atoms with Crippen LogP contribution in [0.4, 0.5) is 0 Å². The third kappa shape index (κ3) is 2.70. The number of methoxy groups -OCH3 is 1. The summed E-state index contributed by atoms with van der Waals surface area (Å²) in [5.41, 5.74) is 5.98. The number of ether oxygens (including phenoxy) is 1. The molecule has 0 fully saturated rings. The van der Waals surface area contributed by atoms with E-state index in [2.05, 4.69) is 4.99 Å². The van der Waals surface area contributed by atoms with E-state index in [0.717, 1.165) is 11.8 Å². The summed E-state index contributed by atoms with van der Waals surface area (Å²) in [5.74, 6) is 0.248. The smallest absolute Gasteiger partial charge is 0.262 e. The van der Waals surface area contributed by atoms with Crippen LogP contribution in [0.25, 0.3) is 0 Å². The maximum atomic E-state index is 12.0. The highest BCUT2D eigenvalue weighted by Gasteiger charge is 2.29. The minimum absolute atomic E-state index is 0.103. The molecule has 1 atom stereocenters. The molecule has 2 rings (SSSR count). The van der Waals surface area contributed by atoms with Gasteiger partial charge in [0.25, 0.3) is 5.91 Å². The van der Waals surface area contributed by atoms with Crippen molar-refractivity contribution in [3.05, 3.63) is 29.8 Å². The normalized spacial score (nSPS) is 18.6. The molecule has 1 aliphatic rings. The minimum Gasteiger partial charge on any atom is -0.497 e. The van der Waals surface area contributed by atoms with Gasteiger partial charge in [-0.3, -0.25) is 9.59 Å². The number of ketones is 1. The number of carbonyl (C=O) groups is 2. The van der Waals surface area contributed by atoms with Gasteiger partial charge in [-0.05, 0) is 24.3 Å². The number of aliphatic imine (C=N–C) groups is 1. The maximum Gasteiger partial charge on any atom is 0.262 e. The van der Waals surface area contributed by atoms with Crippen LogP contribution < -0.4 is 10.5 Å². The van der Waals surface area contributed by atoms with Crippen LogP contribution in [-0.2, 0) is 4.79 Å². The van der Waals surface area contributed by atoms with Gasteiger partial charge in [0.2, 0.25) is 0 Å². The highest BCUT2D eigenvalue weighted by molar-refractivity contribution is 8.15. The zero-order valence-corrected chi connectivity index (χ0v) is 10.6. The Bertz CT molecular complexity index is 511. The Morgan fingerprint density at radius 1 is 1.44 bits per heavy atom. The quantitative estimate of drug-likeness (QED) is 0.827. The first kappa shape index (κ1) is 12.6. The number of hydrogen-bond acceptors (Lipinski definition) is 5. The van der Waals surface area contributed by atoms with E-state index in [0.29, 0.717) is 11.3 Å². The predicted molar refractivity (Wildman–Crippen MR) is 69.9 cm³/mol. The van der Waals surface area contributed by atoms with Crippen molar-refractivity contribution in [3.8, 4) is 5.75 Å². The molecule has 94 valence electrons. The molecular weight excluding hydrogens is 252 g/mol. The number of thioether (sulfide) groups is 1. The molecule has 0 saturated heterocycles.